The average molecular weight is 345 g/mol. The Bertz CT molecular complexity index is 821. The van der Waals surface area contributed by atoms with Gasteiger partial charge in [-0.15, -0.1) is 34.0 Å². The molecule has 0 saturated carbocycles. The van der Waals surface area contributed by atoms with E-state index in [0.717, 1.165) is 0 Å². The number of hydrogen-bond donors (Lipinski definition) is 0. The van der Waals surface area contributed by atoms with Crippen LogP contribution < -0.4 is 0 Å². The Hall–Kier alpha value is -1.16. The molecule has 0 aromatic carbocycles. The zero-order valence-corrected chi connectivity index (χ0v) is 16.1. The minimum Gasteiger partial charge on any atom is -0.139 e. The number of aryl methyl sites for hydroxylation is 4. The van der Waals surface area contributed by atoms with Crippen molar-refractivity contribution in [2.24, 2.45) is 0 Å². The minimum atomic E-state index is 1.34. The van der Waals surface area contributed by atoms with Crippen molar-refractivity contribution >= 4 is 40.1 Å². The van der Waals surface area contributed by atoms with E-state index in [1.165, 1.54) is 46.0 Å². The second-order valence-corrected chi connectivity index (χ2v) is 9.03. The molecule has 0 bridgehead atoms. The third-order valence-electron chi connectivity index (χ3n) is 3.80. The molecule has 0 nitrogen and oxygen atoms in total. The topological polar surface area (TPSA) is 0 Å². The molecule has 0 amide bonds. The van der Waals surface area contributed by atoms with E-state index in [4.69, 9.17) is 0 Å². The van der Waals surface area contributed by atoms with Crippen LogP contribution >= 0.6 is 34.0 Å². The van der Waals surface area contributed by atoms with Gasteiger partial charge in [-0.05, 0) is 75.6 Å². The standard InChI is InChI=1S/C19H20S3/c1-6-7-15-8-12(3)18(21-15)17-10-13(4)19(22-17)16-9-11(2)14(5)20-16/h6-10H,1-5H3/b7-6+. The SMILES string of the molecule is C/C=C/c1cc(C)c(-c2cc(C)c(-c3cc(C)c(C)s3)s2)s1. The lowest BCUT2D eigenvalue weighted by Gasteiger charge is -1.94. The van der Waals surface area contributed by atoms with Crippen LogP contribution in [0.5, 0.6) is 0 Å². The number of allylic oxidation sites excluding steroid dienone is 1. The van der Waals surface area contributed by atoms with Crippen LogP contribution in [0.4, 0.5) is 0 Å². The van der Waals surface area contributed by atoms with Crippen molar-refractivity contribution in [3.8, 4) is 19.5 Å². The van der Waals surface area contributed by atoms with E-state index in [-0.39, 0.29) is 0 Å². The zero-order valence-electron chi connectivity index (χ0n) is 13.6. The summed E-state index contributed by atoms with van der Waals surface area (Å²) >= 11 is 5.73. The van der Waals surface area contributed by atoms with E-state index in [0.29, 0.717) is 0 Å². The molecule has 0 aliphatic heterocycles. The highest BCUT2D eigenvalue weighted by molar-refractivity contribution is 7.26. The van der Waals surface area contributed by atoms with Gasteiger partial charge in [0.25, 0.3) is 0 Å². The highest BCUT2D eigenvalue weighted by atomic mass is 32.1. The molecule has 0 N–H and O–H groups in total. The fraction of sp³-hybridized carbons (Fsp3) is 0.263. The molecule has 0 spiro atoms. The van der Waals surface area contributed by atoms with Crippen LogP contribution in [0.25, 0.3) is 25.6 Å². The smallest absolute Gasteiger partial charge is 0.0478 e. The maximum absolute atomic E-state index is 2.35. The van der Waals surface area contributed by atoms with Gasteiger partial charge in [-0.1, -0.05) is 6.08 Å². The van der Waals surface area contributed by atoms with Gasteiger partial charge in [-0.25, -0.2) is 0 Å². The highest BCUT2D eigenvalue weighted by Crippen LogP contribution is 2.44. The Morgan fingerprint density at radius 2 is 1.32 bits per heavy atom. The van der Waals surface area contributed by atoms with Crippen molar-refractivity contribution in [1.29, 1.82) is 0 Å². The molecule has 3 rings (SSSR count). The van der Waals surface area contributed by atoms with Gasteiger partial charge in [0.2, 0.25) is 0 Å². The molecular formula is C19H20S3. The summed E-state index contributed by atoms with van der Waals surface area (Å²) in [6.45, 7) is 10.9. The van der Waals surface area contributed by atoms with E-state index in [1.807, 2.05) is 34.0 Å². The molecule has 0 unspecified atom stereocenters. The second-order valence-electron chi connectivity index (χ2n) is 5.63. The molecule has 0 aliphatic carbocycles. The van der Waals surface area contributed by atoms with Crippen molar-refractivity contribution in [2.75, 3.05) is 0 Å². The Kier molecular flexibility index (Phi) is 4.40. The molecule has 3 heteroatoms. The third-order valence-corrected chi connectivity index (χ3v) is 7.75. The van der Waals surface area contributed by atoms with Crippen LogP contribution in [0.3, 0.4) is 0 Å². The van der Waals surface area contributed by atoms with Gasteiger partial charge in [0.15, 0.2) is 0 Å². The van der Waals surface area contributed by atoms with Gasteiger partial charge in [0.1, 0.15) is 0 Å². The van der Waals surface area contributed by atoms with Gasteiger partial charge in [-0.3, -0.25) is 0 Å². The largest absolute Gasteiger partial charge is 0.139 e. The predicted octanol–water partition coefficient (Wildman–Crippen LogP) is 7.47. The van der Waals surface area contributed by atoms with Crippen LogP contribution in [0.2, 0.25) is 0 Å². The summed E-state index contributed by atoms with van der Waals surface area (Å²) in [6.07, 6.45) is 4.30. The fourth-order valence-corrected chi connectivity index (χ4v) is 6.20. The molecule has 0 saturated heterocycles. The summed E-state index contributed by atoms with van der Waals surface area (Å²) in [6, 6.07) is 6.96. The molecule has 0 fully saturated rings. The normalized spacial score (nSPS) is 11.7. The first-order valence-electron chi connectivity index (χ1n) is 7.41. The van der Waals surface area contributed by atoms with E-state index in [9.17, 15) is 0 Å². The quantitative estimate of drug-likeness (QED) is 0.462. The van der Waals surface area contributed by atoms with Crippen molar-refractivity contribution in [2.45, 2.75) is 34.6 Å². The first-order valence-corrected chi connectivity index (χ1v) is 9.86. The van der Waals surface area contributed by atoms with Crippen LogP contribution in [0.1, 0.15) is 33.4 Å². The summed E-state index contributed by atoms with van der Waals surface area (Å²) in [5.74, 6) is 0. The summed E-state index contributed by atoms with van der Waals surface area (Å²) in [7, 11) is 0. The maximum atomic E-state index is 2.35. The fourth-order valence-electron chi connectivity index (χ4n) is 2.52. The Morgan fingerprint density at radius 1 is 0.727 bits per heavy atom. The van der Waals surface area contributed by atoms with Crippen LogP contribution in [-0.4, -0.2) is 0 Å². The zero-order chi connectivity index (χ0) is 15.9. The second kappa shape index (κ2) is 6.15. The summed E-state index contributed by atoms with van der Waals surface area (Å²) < 4.78 is 0. The van der Waals surface area contributed by atoms with Gasteiger partial charge in [0, 0.05) is 29.3 Å². The Balaban J connectivity index is 2.05. The number of rotatable bonds is 3. The molecular weight excluding hydrogens is 324 g/mol. The lowest BCUT2D eigenvalue weighted by atomic mass is 10.2. The first-order chi connectivity index (χ1) is 10.5. The molecule has 3 aromatic heterocycles. The van der Waals surface area contributed by atoms with Crippen LogP contribution in [-0.2, 0) is 0 Å². The van der Waals surface area contributed by atoms with Crippen LogP contribution in [0, 0.1) is 27.7 Å². The van der Waals surface area contributed by atoms with Gasteiger partial charge in [0.05, 0.1) is 0 Å². The van der Waals surface area contributed by atoms with Gasteiger partial charge >= 0.3 is 0 Å². The lowest BCUT2D eigenvalue weighted by molar-refractivity contribution is 1.44. The van der Waals surface area contributed by atoms with E-state index in [1.54, 1.807) is 0 Å². The Labute approximate surface area is 144 Å². The molecule has 0 radical (unpaired) electrons. The highest BCUT2D eigenvalue weighted by Gasteiger charge is 2.15. The average Bonchev–Trinajstić information content (AvgIpc) is 3.10. The molecule has 0 aliphatic rings. The summed E-state index contributed by atoms with van der Waals surface area (Å²) in [4.78, 5) is 8.41. The number of hydrogen-bond acceptors (Lipinski definition) is 3. The Morgan fingerprint density at radius 3 is 1.95 bits per heavy atom. The van der Waals surface area contributed by atoms with Crippen molar-refractivity contribution in [1.82, 2.24) is 0 Å². The van der Waals surface area contributed by atoms with Gasteiger partial charge < -0.3 is 0 Å². The molecule has 114 valence electrons. The van der Waals surface area contributed by atoms with E-state index in [2.05, 4.69) is 65.0 Å². The molecule has 3 heterocycles. The van der Waals surface area contributed by atoms with Gasteiger partial charge in [-0.2, -0.15) is 0 Å². The first kappa shape index (κ1) is 15.7. The molecule has 3 aromatic rings. The van der Waals surface area contributed by atoms with E-state index >= 15 is 0 Å². The van der Waals surface area contributed by atoms with Crippen molar-refractivity contribution in [3.05, 3.63) is 50.7 Å². The summed E-state index contributed by atoms with van der Waals surface area (Å²) in [5, 5.41) is 0. The van der Waals surface area contributed by atoms with E-state index < -0.39 is 0 Å². The third kappa shape index (κ3) is 2.85. The lowest BCUT2D eigenvalue weighted by Crippen LogP contribution is -1.68. The minimum absolute atomic E-state index is 1.34. The molecule has 22 heavy (non-hydrogen) atoms. The monoisotopic (exact) mass is 344 g/mol. The predicted molar refractivity (Wildman–Crippen MR) is 105 cm³/mol. The molecule has 0 atom stereocenters. The number of thiophene rings is 3. The maximum Gasteiger partial charge on any atom is 0.0478 e. The summed E-state index contributed by atoms with van der Waals surface area (Å²) in [5.41, 5.74) is 4.17. The van der Waals surface area contributed by atoms with Crippen molar-refractivity contribution in [3.63, 3.8) is 0 Å². The van der Waals surface area contributed by atoms with Crippen LogP contribution in [0.15, 0.2) is 24.3 Å². The van der Waals surface area contributed by atoms with Crippen molar-refractivity contribution < 1.29 is 0 Å².